The Hall–Kier alpha value is -2.21. The molecule has 126 valence electrons. The van der Waals surface area contributed by atoms with Crippen LogP contribution in [0.5, 0.6) is 0 Å². The van der Waals surface area contributed by atoms with E-state index >= 15 is 0 Å². The van der Waals surface area contributed by atoms with Crippen molar-refractivity contribution in [3.63, 3.8) is 0 Å². The van der Waals surface area contributed by atoms with Crippen LogP contribution in [0.25, 0.3) is 11.1 Å². The molecule has 3 aromatic rings. The van der Waals surface area contributed by atoms with E-state index in [1.165, 1.54) is 0 Å². The molecular weight excluding hydrogens is 304 g/mol. The summed E-state index contributed by atoms with van der Waals surface area (Å²) in [5.74, 6) is 2.68. The van der Waals surface area contributed by atoms with E-state index in [1.54, 1.807) is 0 Å². The molecule has 1 atom stereocenters. The molecule has 1 aliphatic rings. The number of nitrogens with zero attached hydrogens (tertiary/aromatic N) is 4. The number of aromatic nitrogens is 3. The lowest BCUT2D eigenvalue weighted by Gasteiger charge is -2.29. The molecule has 0 amide bonds. The second-order valence-electron chi connectivity index (χ2n) is 6.45. The fourth-order valence-electron chi connectivity index (χ4n) is 3.34. The van der Waals surface area contributed by atoms with Gasteiger partial charge in [-0.25, -0.2) is 4.98 Å². The first kappa shape index (κ1) is 15.3. The number of hydrogen-bond acceptors (Lipinski definition) is 6. The highest BCUT2D eigenvalue weighted by molar-refractivity contribution is 5.72. The molecule has 6 heteroatoms. The molecule has 1 aliphatic heterocycles. The van der Waals surface area contributed by atoms with Crippen molar-refractivity contribution in [2.45, 2.75) is 45.1 Å². The minimum atomic E-state index is 0.323. The minimum absolute atomic E-state index is 0.323. The average Bonchev–Trinajstić information content (AvgIpc) is 3.22. The van der Waals surface area contributed by atoms with Crippen LogP contribution in [0, 0.1) is 0 Å². The summed E-state index contributed by atoms with van der Waals surface area (Å²) in [5.41, 5.74) is 1.80. The number of para-hydroxylation sites is 2. The highest BCUT2D eigenvalue weighted by atomic mass is 16.5. The highest BCUT2D eigenvalue weighted by Gasteiger charge is 2.26. The molecule has 24 heavy (non-hydrogen) atoms. The molecule has 3 heterocycles. The molecule has 0 bridgehead atoms. The number of fused-ring (bicyclic) bond motifs is 1. The first-order valence-electron chi connectivity index (χ1n) is 8.71. The zero-order valence-electron chi connectivity index (χ0n) is 13.9. The molecule has 2 aromatic heterocycles. The van der Waals surface area contributed by atoms with Crippen LogP contribution >= 0.6 is 0 Å². The second kappa shape index (κ2) is 6.73. The van der Waals surface area contributed by atoms with Crippen molar-refractivity contribution in [1.29, 1.82) is 0 Å². The Labute approximate surface area is 140 Å². The molecule has 6 nitrogen and oxygen atoms in total. The molecular formula is C18H22N4O2. The van der Waals surface area contributed by atoms with Crippen molar-refractivity contribution in [2.75, 3.05) is 13.1 Å². The largest absolute Gasteiger partial charge is 0.440 e. The lowest BCUT2D eigenvalue weighted by Crippen LogP contribution is -2.34. The quantitative estimate of drug-likeness (QED) is 0.714. The molecule has 1 fully saturated rings. The maximum atomic E-state index is 5.95. The summed E-state index contributed by atoms with van der Waals surface area (Å²) >= 11 is 0. The molecule has 0 aliphatic carbocycles. The van der Waals surface area contributed by atoms with Crippen LogP contribution in [0.3, 0.4) is 0 Å². The Morgan fingerprint density at radius 1 is 1.25 bits per heavy atom. The Morgan fingerprint density at radius 3 is 3.04 bits per heavy atom. The van der Waals surface area contributed by atoms with Gasteiger partial charge in [-0.2, -0.15) is 4.98 Å². The zero-order valence-corrected chi connectivity index (χ0v) is 13.9. The summed E-state index contributed by atoms with van der Waals surface area (Å²) in [6.45, 7) is 4.78. The van der Waals surface area contributed by atoms with Crippen LogP contribution in [0.15, 0.2) is 33.2 Å². The molecule has 0 saturated carbocycles. The first-order chi connectivity index (χ1) is 11.8. The van der Waals surface area contributed by atoms with Crippen LogP contribution in [0.1, 0.15) is 49.7 Å². The van der Waals surface area contributed by atoms with E-state index in [2.05, 4.69) is 26.9 Å². The average molecular weight is 326 g/mol. The van der Waals surface area contributed by atoms with Gasteiger partial charge >= 0.3 is 0 Å². The van der Waals surface area contributed by atoms with E-state index in [-0.39, 0.29) is 0 Å². The summed E-state index contributed by atoms with van der Waals surface area (Å²) in [5, 5.41) is 4.03. The van der Waals surface area contributed by atoms with E-state index in [4.69, 9.17) is 8.94 Å². The van der Waals surface area contributed by atoms with Crippen molar-refractivity contribution in [2.24, 2.45) is 0 Å². The molecule has 4 rings (SSSR count). The van der Waals surface area contributed by atoms with Crippen LogP contribution in [-0.2, 0) is 13.0 Å². The van der Waals surface area contributed by atoms with Gasteiger partial charge in [0, 0.05) is 18.9 Å². The van der Waals surface area contributed by atoms with E-state index in [9.17, 15) is 0 Å². The molecule has 0 spiro atoms. The summed E-state index contributed by atoms with van der Waals surface area (Å²) in [7, 11) is 0. The Kier molecular flexibility index (Phi) is 4.30. The van der Waals surface area contributed by atoms with Crippen LogP contribution in [-0.4, -0.2) is 33.1 Å². The predicted octanol–water partition coefficient (Wildman–Crippen LogP) is 3.54. The first-order valence-corrected chi connectivity index (χ1v) is 8.71. The van der Waals surface area contributed by atoms with Crippen molar-refractivity contribution < 1.29 is 8.94 Å². The van der Waals surface area contributed by atoms with Gasteiger partial charge in [-0.05, 0) is 37.9 Å². The molecule has 0 unspecified atom stereocenters. The van der Waals surface area contributed by atoms with Crippen LogP contribution in [0.2, 0.25) is 0 Å². The van der Waals surface area contributed by atoms with Gasteiger partial charge in [0.05, 0.1) is 6.54 Å². The molecule has 1 aromatic carbocycles. The van der Waals surface area contributed by atoms with Gasteiger partial charge in [-0.3, -0.25) is 4.90 Å². The maximum Gasteiger partial charge on any atom is 0.240 e. The fraction of sp³-hybridized carbons (Fsp3) is 0.500. The summed E-state index contributed by atoms with van der Waals surface area (Å²) in [4.78, 5) is 11.5. The molecule has 1 saturated heterocycles. The van der Waals surface area contributed by atoms with E-state index in [0.717, 1.165) is 61.6 Å². The number of likely N-dealkylation sites (tertiary alicyclic amines) is 1. The smallest absolute Gasteiger partial charge is 0.240 e. The van der Waals surface area contributed by atoms with Crippen molar-refractivity contribution in [3.8, 4) is 0 Å². The number of hydrogen-bond donors (Lipinski definition) is 0. The standard InChI is InChI=1S/C18H22N4O2/c1-2-6-16-20-17(24-21-16)12-22-10-5-7-13(11-22)18-19-14-8-3-4-9-15(14)23-18/h3-4,8-9,13H,2,5-7,10-12H2,1H3/t13-/m1/s1. The van der Waals surface area contributed by atoms with E-state index in [1.807, 2.05) is 24.3 Å². The Bertz CT molecular complexity index is 777. The number of piperidine rings is 1. The third-order valence-electron chi connectivity index (χ3n) is 4.51. The van der Waals surface area contributed by atoms with Gasteiger partial charge in [-0.15, -0.1) is 0 Å². The number of aryl methyl sites for hydroxylation is 1. The summed E-state index contributed by atoms with van der Waals surface area (Å²) < 4.78 is 11.3. The van der Waals surface area contributed by atoms with Gasteiger partial charge in [0.1, 0.15) is 5.52 Å². The third kappa shape index (κ3) is 3.19. The Morgan fingerprint density at radius 2 is 2.17 bits per heavy atom. The summed E-state index contributed by atoms with van der Waals surface area (Å²) in [6.07, 6.45) is 4.13. The summed E-state index contributed by atoms with van der Waals surface area (Å²) in [6, 6.07) is 7.94. The highest BCUT2D eigenvalue weighted by Crippen LogP contribution is 2.29. The van der Waals surface area contributed by atoms with E-state index in [0.29, 0.717) is 18.4 Å². The number of oxazole rings is 1. The predicted molar refractivity (Wildman–Crippen MR) is 89.6 cm³/mol. The van der Waals surface area contributed by atoms with Crippen molar-refractivity contribution in [1.82, 2.24) is 20.0 Å². The van der Waals surface area contributed by atoms with Gasteiger partial charge in [-0.1, -0.05) is 24.2 Å². The minimum Gasteiger partial charge on any atom is -0.440 e. The van der Waals surface area contributed by atoms with E-state index < -0.39 is 0 Å². The molecule has 0 N–H and O–H groups in total. The zero-order chi connectivity index (χ0) is 16.4. The molecule has 0 radical (unpaired) electrons. The van der Waals surface area contributed by atoms with Gasteiger partial charge in [0.25, 0.3) is 0 Å². The Balaban J connectivity index is 1.44. The third-order valence-corrected chi connectivity index (χ3v) is 4.51. The van der Waals surface area contributed by atoms with Crippen LogP contribution in [0.4, 0.5) is 0 Å². The SMILES string of the molecule is CCCc1noc(CN2CCC[C@@H](c3nc4ccccc4o3)C2)n1. The van der Waals surface area contributed by atoms with Crippen molar-refractivity contribution in [3.05, 3.63) is 41.9 Å². The van der Waals surface area contributed by atoms with Crippen molar-refractivity contribution >= 4 is 11.1 Å². The number of rotatable bonds is 5. The van der Waals surface area contributed by atoms with Gasteiger partial charge in [0.15, 0.2) is 17.3 Å². The van der Waals surface area contributed by atoms with Gasteiger partial charge in [0.2, 0.25) is 5.89 Å². The lowest BCUT2D eigenvalue weighted by atomic mass is 9.98. The lowest BCUT2D eigenvalue weighted by molar-refractivity contribution is 0.167. The fourth-order valence-corrected chi connectivity index (χ4v) is 3.34. The second-order valence-corrected chi connectivity index (χ2v) is 6.45. The van der Waals surface area contributed by atoms with Crippen LogP contribution < -0.4 is 0 Å². The topological polar surface area (TPSA) is 68.2 Å². The normalized spacial score (nSPS) is 19.1. The number of benzene rings is 1. The monoisotopic (exact) mass is 326 g/mol. The maximum absolute atomic E-state index is 5.95. The van der Waals surface area contributed by atoms with Gasteiger partial charge < -0.3 is 8.94 Å².